The van der Waals surface area contributed by atoms with Gasteiger partial charge in [-0.15, -0.1) is 0 Å². The van der Waals surface area contributed by atoms with Gasteiger partial charge in [0.05, 0.1) is 12.8 Å². The summed E-state index contributed by atoms with van der Waals surface area (Å²) in [5, 5.41) is 10.1. The molecule has 6 nitrogen and oxygen atoms in total. The molecule has 0 saturated heterocycles. The number of hydrogen-bond donors (Lipinski definition) is 4. The Kier molecular flexibility index (Phi) is 14.6. The predicted octanol–water partition coefficient (Wildman–Crippen LogP) is -7.20. The van der Waals surface area contributed by atoms with Gasteiger partial charge in [0, 0.05) is 0 Å². The second-order valence-electron chi connectivity index (χ2n) is 1.64. The Bertz CT molecular complexity index is 170. The summed E-state index contributed by atoms with van der Waals surface area (Å²) >= 11 is 0. The summed E-state index contributed by atoms with van der Waals surface area (Å²) < 4.78 is 10.1. The van der Waals surface area contributed by atoms with Gasteiger partial charge in [0.25, 0.3) is 0 Å². The van der Waals surface area contributed by atoms with Crippen LogP contribution in [0.25, 0.3) is 0 Å². The number of hydrogen-bond acceptors (Lipinski definition) is 3. The summed E-state index contributed by atoms with van der Waals surface area (Å²) in [7, 11) is -4.10. The summed E-state index contributed by atoms with van der Waals surface area (Å²) in [6.07, 6.45) is -0.598. The Morgan fingerprint density at radius 1 is 1.33 bits per heavy atom. The Balaban J connectivity index is -0.000000405. The topological polar surface area (TPSA) is 107 Å². The largest absolute Gasteiger partial charge is 1.00 e. The van der Waals surface area contributed by atoms with Crippen molar-refractivity contribution in [2.75, 3.05) is 12.8 Å². The van der Waals surface area contributed by atoms with Gasteiger partial charge in [-0.2, -0.15) is 0 Å². The molecule has 0 aliphatic carbocycles. The number of carboxylic acids is 1. The maximum Gasteiger partial charge on any atom is 1.00 e. The first-order valence-electron chi connectivity index (χ1n) is 2.39. The van der Waals surface area contributed by atoms with Crippen LogP contribution in [0.2, 0.25) is 0 Å². The summed E-state index contributed by atoms with van der Waals surface area (Å²) in [4.78, 5) is 26.1. The second-order valence-corrected chi connectivity index (χ2v) is 3.29. The third-order valence-corrected chi connectivity index (χ3v) is 1.23. The maximum absolute atomic E-state index is 10.1. The molecule has 0 heterocycles. The Morgan fingerprint density at radius 2 is 1.75 bits per heavy atom. The van der Waals surface area contributed by atoms with E-state index in [9.17, 15) is 9.36 Å². The zero-order valence-electron chi connectivity index (χ0n) is 7.02. The molecule has 0 radical (unpaired) electrons. The quantitative estimate of drug-likeness (QED) is 0.274. The zero-order chi connectivity index (χ0) is 8.20. The monoisotopic (exact) mass is 215 g/mol. The SMILES string of the molecule is O=C(O)CNCP(=O)(O)O.[Na+].[Na+]. The van der Waals surface area contributed by atoms with E-state index in [0.717, 1.165) is 0 Å². The molecule has 0 aromatic rings. The van der Waals surface area contributed by atoms with Crippen molar-refractivity contribution >= 4 is 13.6 Å². The van der Waals surface area contributed by atoms with Crippen molar-refractivity contribution in [3.05, 3.63) is 0 Å². The average molecular weight is 215 g/mol. The molecule has 12 heavy (non-hydrogen) atoms. The van der Waals surface area contributed by atoms with Crippen LogP contribution >= 0.6 is 7.60 Å². The number of nitrogens with one attached hydrogen (secondary N) is 1. The van der Waals surface area contributed by atoms with Gasteiger partial charge in [0.15, 0.2) is 0 Å². The zero-order valence-corrected chi connectivity index (χ0v) is 11.9. The Labute approximate surface area is 114 Å². The van der Waals surface area contributed by atoms with Gasteiger partial charge in [0.1, 0.15) is 0 Å². The van der Waals surface area contributed by atoms with Crippen LogP contribution in [0.3, 0.4) is 0 Å². The van der Waals surface area contributed by atoms with Crippen LogP contribution in [0.1, 0.15) is 0 Å². The van der Waals surface area contributed by atoms with E-state index in [1.54, 1.807) is 0 Å². The fourth-order valence-corrected chi connectivity index (χ4v) is 0.712. The van der Waals surface area contributed by atoms with E-state index in [2.05, 4.69) is 5.32 Å². The summed E-state index contributed by atoms with van der Waals surface area (Å²) in [6, 6.07) is 0. The molecule has 0 aromatic carbocycles. The van der Waals surface area contributed by atoms with E-state index in [0.29, 0.717) is 0 Å². The standard InChI is InChI=1S/C3H8NO5P.2Na/c5-3(6)1-4-2-10(7,8)9;;/h4H,1-2H2,(H,5,6)(H2,7,8,9);;/q;2*+1. The van der Waals surface area contributed by atoms with Crippen molar-refractivity contribution in [3.8, 4) is 0 Å². The van der Waals surface area contributed by atoms with E-state index in [4.69, 9.17) is 14.9 Å². The molecule has 60 valence electrons. The Hall–Kier alpha value is 1.58. The third-order valence-electron chi connectivity index (χ3n) is 0.594. The van der Waals surface area contributed by atoms with E-state index in [-0.39, 0.29) is 59.1 Å². The molecule has 0 fully saturated rings. The molecule has 0 saturated carbocycles. The van der Waals surface area contributed by atoms with Crippen LogP contribution in [-0.4, -0.2) is 33.7 Å². The van der Waals surface area contributed by atoms with Crippen LogP contribution in [0, 0.1) is 0 Å². The first-order valence-corrected chi connectivity index (χ1v) is 4.18. The number of aliphatic carboxylic acids is 1. The molecule has 0 atom stereocenters. The molecule has 0 aliphatic rings. The van der Waals surface area contributed by atoms with E-state index in [1.807, 2.05) is 0 Å². The minimum atomic E-state index is -4.10. The van der Waals surface area contributed by atoms with Crippen LogP contribution in [-0.2, 0) is 9.36 Å². The fraction of sp³-hybridized carbons (Fsp3) is 0.667. The molecule has 0 rings (SSSR count). The van der Waals surface area contributed by atoms with Gasteiger partial charge in [-0.25, -0.2) is 0 Å². The molecule has 9 heteroatoms. The van der Waals surface area contributed by atoms with E-state index in [1.165, 1.54) is 0 Å². The third kappa shape index (κ3) is 17.6. The van der Waals surface area contributed by atoms with E-state index < -0.39 is 26.4 Å². The predicted molar refractivity (Wildman–Crippen MR) is 32.5 cm³/mol. The average Bonchev–Trinajstić information content (AvgIpc) is 1.59. The van der Waals surface area contributed by atoms with Crippen LogP contribution < -0.4 is 64.4 Å². The minimum Gasteiger partial charge on any atom is -0.480 e. The summed E-state index contributed by atoms with van der Waals surface area (Å²) in [5.41, 5.74) is 0. The smallest absolute Gasteiger partial charge is 0.480 e. The Morgan fingerprint density at radius 3 is 2.00 bits per heavy atom. The summed E-state index contributed by atoms with van der Waals surface area (Å²) in [6.45, 7) is -0.439. The van der Waals surface area contributed by atoms with Crippen molar-refractivity contribution in [1.29, 1.82) is 0 Å². The first kappa shape index (κ1) is 19.2. The molecular formula is C3H8NNa2O5P+2. The van der Waals surface area contributed by atoms with Gasteiger partial charge >= 0.3 is 72.7 Å². The second kappa shape index (κ2) is 9.15. The molecule has 0 spiro atoms. The van der Waals surface area contributed by atoms with Crippen LogP contribution in [0.5, 0.6) is 0 Å². The van der Waals surface area contributed by atoms with Crippen molar-refractivity contribution in [2.45, 2.75) is 0 Å². The molecule has 0 aromatic heterocycles. The van der Waals surface area contributed by atoms with Crippen molar-refractivity contribution in [3.63, 3.8) is 0 Å². The van der Waals surface area contributed by atoms with Gasteiger partial charge in [-0.05, 0) is 0 Å². The summed E-state index contributed by atoms with van der Waals surface area (Å²) in [5.74, 6) is -1.14. The minimum absolute atomic E-state index is 0. The molecule has 0 aliphatic heterocycles. The number of carbonyl (C=O) groups is 1. The van der Waals surface area contributed by atoms with Crippen molar-refractivity contribution < 1.29 is 83.4 Å². The fourth-order valence-electron chi connectivity index (χ4n) is 0.308. The molecule has 0 unspecified atom stereocenters. The number of rotatable bonds is 4. The molecule has 0 bridgehead atoms. The molecule has 4 N–H and O–H groups in total. The normalized spacial score (nSPS) is 9.50. The number of carboxylic acid groups (broad SMARTS) is 1. The maximum atomic E-state index is 10.1. The van der Waals surface area contributed by atoms with Gasteiger partial charge in [-0.1, -0.05) is 0 Å². The molecular weight excluding hydrogens is 207 g/mol. The van der Waals surface area contributed by atoms with Crippen LogP contribution in [0.15, 0.2) is 0 Å². The molecule has 0 amide bonds. The van der Waals surface area contributed by atoms with Gasteiger partial charge < -0.3 is 14.9 Å². The van der Waals surface area contributed by atoms with Crippen molar-refractivity contribution in [1.82, 2.24) is 5.32 Å². The first-order chi connectivity index (χ1) is 4.42. The van der Waals surface area contributed by atoms with Gasteiger partial charge in [0.2, 0.25) is 0 Å². The van der Waals surface area contributed by atoms with Crippen molar-refractivity contribution in [2.24, 2.45) is 0 Å². The van der Waals surface area contributed by atoms with Gasteiger partial charge in [-0.3, -0.25) is 14.7 Å². The van der Waals surface area contributed by atoms with Crippen LogP contribution in [0.4, 0.5) is 0 Å². The van der Waals surface area contributed by atoms with E-state index >= 15 is 0 Å².